The van der Waals surface area contributed by atoms with E-state index in [1.165, 1.54) is 0 Å². The van der Waals surface area contributed by atoms with E-state index in [-0.39, 0.29) is 12.5 Å². The van der Waals surface area contributed by atoms with E-state index in [0.717, 1.165) is 4.47 Å². The van der Waals surface area contributed by atoms with Crippen LogP contribution in [0.15, 0.2) is 22.8 Å². The van der Waals surface area contributed by atoms with Crippen molar-refractivity contribution < 1.29 is 4.79 Å². The van der Waals surface area contributed by atoms with Crippen LogP contribution in [-0.2, 0) is 4.79 Å². The highest BCUT2D eigenvalue weighted by atomic mass is 79.9. The van der Waals surface area contributed by atoms with Gasteiger partial charge < -0.3 is 10.2 Å². The third-order valence-corrected chi connectivity index (χ3v) is 1.71. The van der Waals surface area contributed by atoms with Gasteiger partial charge in [0.25, 0.3) is 6.54 Å². The molecule has 0 saturated carbocycles. The lowest BCUT2D eigenvalue weighted by molar-refractivity contribution is -0.114. The normalized spacial score (nSPS) is 8.92. The topological polar surface area (TPSA) is 46.4 Å². The number of aromatic nitrogens is 1. The molecule has 0 unspecified atom stereocenters. The van der Waals surface area contributed by atoms with Crippen LogP contribution in [0.2, 0.25) is 0 Å². The molecule has 13 heavy (non-hydrogen) atoms. The summed E-state index contributed by atoms with van der Waals surface area (Å²) in [5.41, 5.74) is 0. The van der Waals surface area contributed by atoms with Crippen LogP contribution in [-0.4, -0.2) is 17.4 Å². The van der Waals surface area contributed by atoms with Crippen molar-refractivity contribution in [1.29, 1.82) is 0 Å². The molecule has 4 nitrogen and oxygen atoms in total. The SMILES string of the molecule is [C-]#[N+]CC(=O)Nc1cc(Br)ccn1. The Balaban J connectivity index is 2.65. The van der Waals surface area contributed by atoms with Crippen LogP contribution in [0.1, 0.15) is 0 Å². The molecule has 1 amide bonds. The Morgan fingerprint density at radius 2 is 2.54 bits per heavy atom. The smallest absolute Gasteiger partial charge is 0.305 e. The summed E-state index contributed by atoms with van der Waals surface area (Å²) in [5, 5.41) is 2.49. The van der Waals surface area contributed by atoms with Crippen LogP contribution in [0.25, 0.3) is 4.85 Å². The number of pyridine rings is 1. The molecule has 0 saturated heterocycles. The zero-order chi connectivity index (χ0) is 9.68. The summed E-state index contributed by atoms with van der Waals surface area (Å²) >= 11 is 3.24. The van der Waals surface area contributed by atoms with Gasteiger partial charge in [-0.05, 0) is 12.1 Å². The molecule has 1 rings (SSSR count). The number of amides is 1. The maximum atomic E-state index is 10.9. The van der Waals surface area contributed by atoms with Crippen LogP contribution in [0.3, 0.4) is 0 Å². The van der Waals surface area contributed by atoms with Crippen molar-refractivity contribution >= 4 is 27.7 Å². The lowest BCUT2D eigenvalue weighted by Crippen LogP contribution is -2.14. The minimum atomic E-state index is -0.347. The second-order valence-electron chi connectivity index (χ2n) is 2.22. The first-order valence-corrected chi connectivity index (χ1v) is 4.26. The molecule has 0 radical (unpaired) electrons. The number of hydrogen-bond donors (Lipinski definition) is 1. The maximum Gasteiger partial charge on any atom is 0.305 e. The van der Waals surface area contributed by atoms with E-state index < -0.39 is 0 Å². The Morgan fingerprint density at radius 3 is 3.15 bits per heavy atom. The molecule has 0 spiro atoms. The fourth-order valence-electron chi connectivity index (χ4n) is 0.727. The molecule has 1 aromatic rings. The van der Waals surface area contributed by atoms with Crippen molar-refractivity contribution in [3.05, 3.63) is 34.2 Å². The van der Waals surface area contributed by atoms with Crippen LogP contribution < -0.4 is 5.32 Å². The van der Waals surface area contributed by atoms with Crippen LogP contribution in [0.5, 0.6) is 0 Å². The van der Waals surface area contributed by atoms with Gasteiger partial charge in [-0.2, -0.15) is 0 Å². The fraction of sp³-hybridized carbons (Fsp3) is 0.125. The maximum absolute atomic E-state index is 10.9. The van der Waals surface area contributed by atoms with Gasteiger partial charge >= 0.3 is 5.91 Å². The molecule has 0 aliphatic rings. The second-order valence-corrected chi connectivity index (χ2v) is 3.14. The number of nitrogens with one attached hydrogen (secondary N) is 1. The van der Waals surface area contributed by atoms with Crippen LogP contribution >= 0.6 is 15.9 Å². The van der Waals surface area contributed by atoms with Crippen molar-refractivity contribution in [2.24, 2.45) is 0 Å². The van der Waals surface area contributed by atoms with Gasteiger partial charge in [0.1, 0.15) is 5.82 Å². The average molecular weight is 240 g/mol. The molecular formula is C8H6BrN3O. The van der Waals surface area contributed by atoms with Gasteiger partial charge in [0.15, 0.2) is 0 Å². The number of rotatable bonds is 2. The molecule has 0 aliphatic heterocycles. The van der Waals surface area contributed by atoms with Crippen LogP contribution in [0.4, 0.5) is 5.82 Å². The molecule has 0 aliphatic carbocycles. The predicted molar refractivity (Wildman–Crippen MR) is 52.0 cm³/mol. The van der Waals surface area contributed by atoms with Gasteiger partial charge in [-0.3, -0.25) is 4.79 Å². The molecule has 66 valence electrons. The third kappa shape index (κ3) is 3.22. The van der Waals surface area contributed by atoms with Crippen LogP contribution in [0, 0.1) is 6.57 Å². The molecule has 1 aromatic heterocycles. The first-order chi connectivity index (χ1) is 6.22. The zero-order valence-electron chi connectivity index (χ0n) is 6.62. The van der Waals surface area contributed by atoms with Crippen molar-refractivity contribution in [3.8, 4) is 0 Å². The van der Waals surface area contributed by atoms with E-state index in [9.17, 15) is 4.79 Å². The average Bonchev–Trinajstić information content (AvgIpc) is 2.04. The summed E-state index contributed by atoms with van der Waals surface area (Å²) in [7, 11) is 0. The van der Waals surface area contributed by atoms with Crippen molar-refractivity contribution in [1.82, 2.24) is 4.98 Å². The van der Waals surface area contributed by atoms with Crippen molar-refractivity contribution in [2.45, 2.75) is 0 Å². The molecule has 1 heterocycles. The van der Waals surface area contributed by atoms with Gasteiger partial charge in [-0.25, -0.2) is 11.6 Å². The minimum Gasteiger partial charge on any atom is -0.306 e. The number of carbonyl (C=O) groups is 1. The quantitative estimate of drug-likeness (QED) is 0.799. The molecule has 1 N–H and O–H groups in total. The van der Waals surface area contributed by atoms with Gasteiger partial charge in [-0.15, -0.1) is 0 Å². The van der Waals surface area contributed by atoms with E-state index >= 15 is 0 Å². The van der Waals surface area contributed by atoms with E-state index in [1.807, 2.05) is 0 Å². The fourth-order valence-corrected chi connectivity index (χ4v) is 1.06. The number of anilines is 1. The zero-order valence-corrected chi connectivity index (χ0v) is 8.21. The molecule has 0 fully saturated rings. The molecule has 5 heteroatoms. The number of nitrogens with zero attached hydrogens (tertiary/aromatic N) is 2. The van der Waals surface area contributed by atoms with Gasteiger partial charge in [0.2, 0.25) is 0 Å². The Bertz CT molecular complexity index is 359. The van der Waals surface area contributed by atoms with Gasteiger partial charge in [0.05, 0.1) is 0 Å². The second kappa shape index (κ2) is 4.58. The monoisotopic (exact) mass is 239 g/mol. The van der Waals surface area contributed by atoms with E-state index in [0.29, 0.717) is 5.82 Å². The predicted octanol–water partition coefficient (Wildman–Crippen LogP) is 1.70. The Kier molecular flexibility index (Phi) is 3.41. The lowest BCUT2D eigenvalue weighted by Gasteiger charge is -1.99. The van der Waals surface area contributed by atoms with Gasteiger partial charge in [0, 0.05) is 10.7 Å². The first kappa shape index (κ1) is 9.68. The highest BCUT2D eigenvalue weighted by Gasteiger charge is 2.04. The Morgan fingerprint density at radius 1 is 1.77 bits per heavy atom. The lowest BCUT2D eigenvalue weighted by atomic mass is 10.4. The Hall–Kier alpha value is -1.41. The first-order valence-electron chi connectivity index (χ1n) is 3.47. The van der Waals surface area contributed by atoms with E-state index in [1.54, 1.807) is 18.3 Å². The van der Waals surface area contributed by atoms with Crippen molar-refractivity contribution in [2.75, 3.05) is 11.9 Å². The summed E-state index contributed by atoms with van der Waals surface area (Å²) in [6, 6.07) is 3.42. The van der Waals surface area contributed by atoms with E-state index in [4.69, 9.17) is 6.57 Å². The summed E-state index contributed by atoms with van der Waals surface area (Å²) in [4.78, 5) is 17.8. The summed E-state index contributed by atoms with van der Waals surface area (Å²) in [6.07, 6.45) is 1.57. The summed E-state index contributed by atoms with van der Waals surface area (Å²) in [6.45, 7) is 6.30. The highest BCUT2D eigenvalue weighted by molar-refractivity contribution is 9.10. The standard InChI is InChI=1S/C8H6BrN3O/c1-10-5-8(13)12-7-4-6(9)2-3-11-7/h2-4H,5H2,(H,11,12,13). The Labute approximate surface area is 83.9 Å². The molecule has 0 aromatic carbocycles. The number of hydrogen-bond acceptors (Lipinski definition) is 2. The van der Waals surface area contributed by atoms with E-state index in [2.05, 4.69) is 31.1 Å². The molecule has 0 bridgehead atoms. The summed E-state index contributed by atoms with van der Waals surface area (Å²) in [5.74, 6) is 0.101. The highest BCUT2D eigenvalue weighted by Crippen LogP contribution is 2.12. The largest absolute Gasteiger partial charge is 0.306 e. The molecular weight excluding hydrogens is 234 g/mol. The third-order valence-electron chi connectivity index (χ3n) is 1.21. The van der Waals surface area contributed by atoms with Crippen molar-refractivity contribution in [3.63, 3.8) is 0 Å². The summed E-state index contributed by atoms with van der Waals surface area (Å²) < 4.78 is 0.834. The minimum absolute atomic E-state index is 0.172. The number of halogens is 1. The number of carbonyl (C=O) groups excluding carboxylic acids is 1. The molecule has 0 atom stereocenters. The van der Waals surface area contributed by atoms with Gasteiger partial charge in [-0.1, -0.05) is 15.9 Å².